The lowest BCUT2D eigenvalue weighted by molar-refractivity contribution is -0.135. The van der Waals surface area contributed by atoms with Gasteiger partial charge in [-0.3, -0.25) is 14.4 Å². The molecule has 0 bridgehead atoms. The van der Waals surface area contributed by atoms with Crippen molar-refractivity contribution in [2.75, 3.05) is 13.7 Å². The first-order chi connectivity index (χ1) is 16.1. The van der Waals surface area contributed by atoms with Crippen LogP contribution in [0.4, 0.5) is 0 Å². The van der Waals surface area contributed by atoms with E-state index < -0.39 is 35.0 Å². The molecule has 1 unspecified atom stereocenters. The van der Waals surface area contributed by atoms with Gasteiger partial charge in [-0.1, -0.05) is 6.07 Å². The van der Waals surface area contributed by atoms with Crippen LogP contribution in [0.1, 0.15) is 46.3 Å². The molecule has 1 atom stereocenters. The molecule has 1 aliphatic heterocycles. The number of ketones is 1. The van der Waals surface area contributed by atoms with Gasteiger partial charge in [0, 0.05) is 17.5 Å². The third-order valence-corrected chi connectivity index (χ3v) is 5.60. The second kappa shape index (κ2) is 8.54. The van der Waals surface area contributed by atoms with E-state index >= 15 is 0 Å². The molecule has 1 amide bonds. The average Bonchev–Trinajstić information content (AvgIpc) is 2.76. The molecule has 0 fully saturated rings. The van der Waals surface area contributed by atoms with Gasteiger partial charge in [-0.25, -0.2) is 4.79 Å². The van der Waals surface area contributed by atoms with Crippen LogP contribution in [0.2, 0.25) is 0 Å². The minimum absolute atomic E-state index is 0.0213. The first-order valence-electron chi connectivity index (χ1n) is 10.3. The van der Waals surface area contributed by atoms with Gasteiger partial charge >= 0.3 is 11.6 Å². The number of phenolic OH excluding ortho intramolecular Hbond substituents is 1. The van der Waals surface area contributed by atoms with Crippen LogP contribution in [0.25, 0.3) is 11.0 Å². The van der Waals surface area contributed by atoms with Gasteiger partial charge in [0.2, 0.25) is 0 Å². The molecule has 0 radical (unpaired) electrons. The molecule has 3 N–H and O–H groups in total. The largest absolute Gasteiger partial charge is 0.506 e. The maximum absolute atomic E-state index is 12.5. The van der Waals surface area contributed by atoms with Crippen LogP contribution in [-0.2, 0) is 9.59 Å². The van der Waals surface area contributed by atoms with Crippen molar-refractivity contribution < 1.29 is 38.1 Å². The summed E-state index contributed by atoms with van der Waals surface area (Å²) in [6, 6.07) is 6.00. The van der Waals surface area contributed by atoms with E-state index in [-0.39, 0.29) is 52.4 Å². The van der Waals surface area contributed by atoms with Gasteiger partial charge in [-0.05, 0) is 37.1 Å². The quantitative estimate of drug-likeness (QED) is 0.240. The number of carbonyl (C=O) groups excluding carboxylic acids is 3. The molecule has 10 nitrogen and oxygen atoms in total. The number of benzene rings is 2. The molecule has 0 aliphatic carbocycles. The van der Waals surface area contributed by atoms with Gasteiger partial charge in [0.15, 0.2) is 29.6 Å². The van der Waals surface area contributed by atoms with Crippen LogP contribution in [0, 0.1) is 6.92 Å². The Kier molecular flexibility index (Phi) is 5.74. The second-order valence-corrected chi connectivity index (χ2v) is 7.87. The molecule has 0 saturated heterocycles. The van der Waals surface area contributed by atoms with Gasteiger partial charge in [-0.2, -0.15) is 0 Å². The molecule has 1 aromatic heterocycles. The Morgan fingerprint density at radius 1 is 1.21 bits per heavy atom. The number of Topliss-reactive ketones (excluding diaryl/α,β-unsaturated/α-hetero) is 1. The third kappa shape index (κ3) is 3.83. The molecule has 0 saturated carbocycles. The average molecular weight is 467 g/mol. The van der Waals surface area contributed by atoms with Crippen LogP contribution in [-0.4, -0.2) is 36.5 Å². The maximum Gasteiger partial charge on any atom is 0.336 e. The monoisotopic (exact) mass is 467 g/mol. The summed E-state index contributed by atoms with van der Waals surface area (Å²) in [7, 11) is 1.41. The Hall–Kier alpha value is -4.34. The fraction of sp³-hybridized carbons (Fsp3) is 0.250. The number of hydrogen-bond donors (Lipinski definition) is 2. The number of fused-ring (bicyclic) bond motifs is 3. The van der Waals surface area contributed by atoms with Gasteiger partial charge in [-0.15, -0.1) is 0 Å². The number of esters is 1. The molecule has 176 valence electrons. The maximum atomic E-state index is 12.5. The van der Waals surface area contributed by atoms with Gasteiger partial charge in [0.25, 0.3) is 5.91 Å². The van der Waals surface area contributed by atoms with E-state index in [1.807, 2.05) is 0 Å². The predicted octanol–water partition coefficient (Wildman–Crippen LogP) is 2.32. The standard InChI is InChI=1S/C24H21NO9/c1-10-6-17(28)33-23-19(10)22(30)20(11(2)26)24-21(23)13(8-18(29)34-24)12-4-5-14(15(7-12)31-3)32-9-16(25)27/h4-7,13,30H,8-9H2,1-3H3,(H2,25,27). The lowest BCUT2D eigenvalue weighted by Gasteiger charge is -2.28. The molecule has 1 aliphatic rings. The Morgan fingerprint density at radius 3 is 2.59 bits per heavy atom. The van der Waals surface area contributed by atoms with E-state index in [1.165, 1.54) is 20.1 Å². The molecule has 34 heavy (non-hydrogen) atoms. The molecule has 4 rings (SSSR count). The number of carbonyl (C=O) groups is 3. The summed E-state index contributed by atoms with van der Waals surface area (Å²) in [5.41, 5.74) is 5.57. The molecule has 0 spiro atoms. The zero-order valence-electron chi connectivity index (χ0n) is 18.6. The summed E-state index contributed by atoms with van der Waals surface area (Å²) in [5, 5.41) is 11.0. The van der Waals surface area contributed by atoms with Crippen LogP contribution >= 0.6 is 0 Å². The molecule has 2 aromatic carbocycles. The van der Waals surface area contributed by atoms with Crippen molar-refractivity contribution in [3.8, 4) is 23.0 Å². The number of phenols is 1. The molecular formula is C24H21NO9. The minimum Gasteiger partial charge on any atom is -0.506 e. The summed E-state index contributed by atoms with van der Waals surface area (Å²) in [5.74, 6) is -2.59. The normalized spacial score (nSPS) is 14.9. The SMILES string of the molecule is COc1cc(C2CC(=O)Oc3c(C(C)=O)c(O)c4c(C)cc(=O)oc4c32)ccc1OCC(N)=O. The predicted molar refractivity (Wildman–Crippen MR) is 119 cm³/mol. The van der Waals surface area contributed by atoms with E-state index in [9.17, 15) is 24.3 Å². The van der Waals surface area contributed by atoms with Crippen LogP contribution < -0.4 is 25.6 Å². The number of aromatic hydroxyl groups is 1. The Balaban J connectivity index is 2.01. The highest BCUT2D eigenvalue weighted by Crippen LogP contribution is 2.50. The topological polar surface area (TPSA) is 155 Å². The summed E-state index contributed by atoms with van der Waals surface area (Å²) < 4.78 is 21.6. The second-order valence-electron chi connectivity index (χ2n) is 7.87. The van der Waals surface area contributed by atoms with E-state index in [0.717, 1.165) is 0 Å². The van der Waals surface area contributed by atoms with Crippen molar-refractivity contribution in [2.24, 2.45) is 5.73 Å². The Bertz CT molecular complexity index is 1420. The van der Waals surface area contributed by atoms with E-state index in [4.69, 9.17) is 24.4 Å². The zero-order valence-corrected chi connectivity index (χ0v) is 18.6. The number of ether oxygens (including phenoxy) is 3. The van der Waals surface area contributed by atoms with Gasteiger partial charge < -0.3 is 29.5 Å². The first-order valence-corrected chi connectivity index (χ1v) is 10.3. The first kappa shape index (κ1) is 22.8. The van der Waals surface area contributed by atoms with Crippen LogP contribution in [0.15, 0.2) is 33.5 Å². The fourth-order valence-corrected chi connectivity index (χ4v) is 4.19. The summed E-state index contributed by atoms with van der Waals surface area (Å²) in [6.45, 7) is 2.48. The smallest absolute Gasteiger partial charge is 0.336 e. The number of methoxy groups -OCH3 is 1. The summed E-state index contributed by atoms with van der Waals surface area (Å²) in [4.78, 5) is 48.3. The highest BCUT2D eigenvalue weighted by Gasteiger charge is 2.37. The van der Waals surface area contributed by atoms with E-state index in [2.05, 4.69) is 0 Å². The zero-order chi connectivity index (χ0) is 24.7. The Morgan fingerprint density at radius 2 is 1.94 bits per heavy atom. The van der Waals surface area contributed by atoms with Crippen molar-refractivity contribution in [1.82, 2.24) is 0 Å². The highest BCUT2D eigenvalue weighted by molar-refractivity contribution is 6.09. The van der Waals surface area contributed by atoms with Crippen molar-refractivity contribution in [3.05, 3.63) is 56.9 Å². The van der Waals surface area contributed by atoms with Gasteiger partial charge in [0.05, 0.1) is 18.9 Å². The molecule has 3 aromatic rings. The summed E-state index contributed by atoms with van der Waals surface area (Å²) >= 11 is 0. The highest BCUT2D eigenvalue weighted by atomic mass is 16.5. The fourth-order valence-electron chi connectivity index (χ4n) is 4.19. The van der Waals surface area contributed by atoms with Crippen molar-refractivity contribution in [3.63, 3.8) is 0 Å². The van der Waals surface area contributed by atoms with Crippen molar-refractivity contribution >= 4 is 28.6 Å². The number of hydrogen-bond acceptors (Lipinski definition) is 9. The van der Waals surface area contributed by atoms with E-state index in [1.54, 1.807) is 25.1 Å². The van der Waals surface area contributed by atoms with Crippen molar-refractivity contribution in [2.45, 2.75) is 26.2 Å². The molecule has 10 heteroatoms. The number of nitrogens with two attached hydrogens (primary N) is 1. The lowest BCUT2D eigenvalue weighted by atomic mass is 9.82. The number of rotatable bonds is 6. The van der Waals surface area contributed by atoms with E-state index in [0.29, 0.717) is 11.1 Å². The lowest BCUT2D eigenvalue weighted by Crippen LogP contribution is -2.24. The summed E-state index contributed by atoms with van der Waals surface area (Å²) in [6.07, 6.45) is -0.132. The molecular weight excluding hydrogens is 446 g/mol. The number of amides is 1. The van der Waals surface area contributed by atoms with Crippen LogP contribution in [0.3, 0.4) is 0 Å². The third-order valence-electron chi connectivity index (χ3n) is 5.60. The van der Waals surface area contributed by atoms with Crippen LogP contribution in [0.5, 0.6) is 23.0 Å². The molecule has 2 heterocycles. The van der Waals surface area contributed by atoms with Gasteiger partial charge in [0.1, 0.15) is 16.9 Å². The number of aryl methyl sites for hydroxylation is 1. The van der Waals surface area contributed by atoms with Crippen molar-refractivity contribution in [1.29, 1.82) is 0 Å². The minimum atomic E-state index is -0.707. The Labute approximate surface area is 192 Å². The number of primary amides is 1.